The molecule has 1 N–H and O–H groups in total. The molecule has 0 aromatic heterocycles. The maximum absolute atomic E-state index is 12.0. The fraction of sp³-hybridized carbons (Fsp3) is 0.529. The minimum absolute atomic E-state index is 0.0641. The van der Waals surface area contributed by atoms with Crippen molar-refractivity contribution in [2.24, 2.45) is 0 Å². The predicted molar refractivity (Wildman–Crippen MR) is 80.7 cm³/mol. The standard InChI is InChI=1S/C17H22N2O2/c20-16(12-19-9-2-1-6-17(19)21)18-11-13-7-8-14-4-3-5-15(14)10-13/h7-8,10H,1-6,9,11-12H2,(H,18,20). The van der Waals surface area contributed by atoms with Crippen LogP contribution in [0, 0.1) is 0 Å². The number of carbonyl (C=O) groups is 2. The van der Waals surface area contributed by atoms with E-state index in [0.29, 0.717) is 19.5 Å². The molecule has 3 rings (SSSR count). The summed E-state index contributed by atoms with van der Waals surface area (Å²) in [6.45, 7) is 1.46. The zero-order valence-corrected chi connectivity index (χ0v) is 12.4. The van der Waals surface area contributed by atoms with Crippen molar-refractivity contribution in [3.63, 3.8) is 0 Å². The minimum atomic E-state index is -0.0641. The lowest BCUT2D eigenvalue weighted by Gasteiger charge is -2.26. The Morgan fingerprint density at radius 1 is 1.10 bits per heavy atom. The van der Waals surface area contributed by atoms with Gasteiger partial charge in [0.1, 0.15) is 0 Å². The first-order valence-corrected chi connectivity index (χ1v) is 7.87. The van der Waals surface area contributed by atoms with Crippen molar-refractivity contribution in [1.82, 2.24) is 10.2 Å². The third kappa shape index (κ3) is 3.43. The lowest BCUT2D eigenvalue weighted by atomic mass is 10.1. The van der Waals surface area contributed by atoms with Gasteiger partial charge >= 0.3 is 0 Å². The first kappa shape index (κ1) is 14.1. The van der Waals surface area contributed by atoms with Gasteiger partial charge in [0.15, 0.2) is 0 Å². The number of amides is 2. The quantitative estimate of drug-likeness (QED) is 0.917. The maximum Gasteiger partial charge on any atom is 0.239 e. The van der Waals surface area contributed by atoms with Crippen LogP contribution in [0.1, 0.15) is 42.4 Å². The summed E-state index contributed by atoms with van der Waals surface area (Å²) >= 11 is 0. The van der Waals surface area contributed by atoms with Gasteiger partial charge in [-0.05, 0) is 48.8 Å². The Balaban J connectivity index is 1.50. The fourth-order valence-electron chi connectivity index (χ4n) is 3.19. The Morgan fingerprint density at radius 2 is 1.95 bits per heavy atom. The SMILES string of the molecule is O=C(CN1CCCCC1=O)NCc1ccc2c(c1)CCC2. The smallest absolute Gasteiger partial charge is 0.239 e. The molecule has 1 aliphatic heterocycles. The Bertz CT molecular complexity index is 554. The number of nitrogens with one attached hydrogen (secondary N) is 1. The Kier molecular flexibility index (Phi) is 4.23. The highest BCUT2D eigenvalue weighted by Gasteiger charge is 2.20. The van der Waals surface area contributed by atoms with Crippen LogP contribution in [-0.4, -0.2) is 29.8 Å². The zero-order chi connectivity index (χ0) is 14.7. The Labute approximate surface area is 125 Å². The van der Waals surface area contributed by atoms with Crippen LogP contribution >= 0.6 is 0 Å². The Morgan fingerprint density at radius 3 is 2.81 bits per heavy atom. The van der Waals surface area contributed by atoms with E-state index < -0.39 is 0 Å². The van der Waals surface area contributed by atoms with E-state index in [1.54, 1.807) is 4.90 Å². The van der Waals surface area contributed by atoms with Gasteiger partial charge in [0.2, 0.25) is 11.8 Å². The number of rotatable bonds is 4. The first-order valence-electron chi connectivity index (χ1n) is 7.87. The highest BCUT2D eigenvalue weighted by atomic mass is 16.2. The third-order valence-corrected chi connectivity index (χ3v) is 4.41. The van der Waals surface area contributed by atoms with E-state index in [-0.39, 0.29) is 18.4 Å². The van der Waals surface area contributed by atoms with E-state index in [9.17, 15) is 9.59 Å². The maximum atomic E-state index is 12.0. The molecule has 1 aromatic carbocycles. The summed E-state index contributed by atoms with van der Waals surface area (Å²) in [6, 6.07) is 6.48. The number of hydrogen-bond acceptors (Lipinski definition) is 2. The van der Waals surface area contributed by atoms with E-state index in [2.05, 4.69) is 23.5 Å². The van der Waals surface area contributed by atoms with E-state index in [0.717, 1.165) is 24.8 Å². The summed E-state index contributed by atoms with van der Waals surface area (Å²) in [5.41, 5.74) is 4.02. The molecule has 0 unspecified atom stereocenters. The topological polar surface area (TPSA) is 49.4 Å². The molecule has 1 heterocycles. The van der Waals surface area contributed by atoms with Crippen LogP contribution in [0.3, 0.4) is 0 Å². The summed E-state index contributed by atoms with van der Waals surface area (Å²) in [4.78, 5) is 25.3. The van der Waals surface area contributed by atoms with Crippen LogP contribution in [0.15, 0.2) is 18.2 Å². The molecule has 0 saturated carbocycles. The second kappa shape index (κ2) is 6.29. The van der Waals surface area contributed by atoms with Crippen LogP contribution in [-0.2, 0) is 29.0 Å². The molecule has 0 bridgehead atoms. The van der Waals surface area contributed by atoms with Crippen LogP contribution in [0.2, 0.25) is 0 Å². The molecule has 1 fully saturated rings. The summed E-state index contributed by atoms with van der Waals surface area (Å²) in [5, 5.41) is 2.93. The van der Waals surface area contributed by atoms with E-state index in [4.69, 9.17) is 0 Å². The number of fused-ring (bicyclic) bond motifs is 1. The second-order valence-electron chi connectivity index (χ2n) is 6.01. The predicted octanol–water partition coefficient (Wildman–Crippen LogP) is 1.80. The molecule has 2 amide bonds. The molecule has 1 aliphatic carbocycles. The largest absolute Gasteiger partial charge is 0.350 e. The van der Waals surface area contributed by atoms with Crippen molar-refractivity contribution in [3.05, 3.63) is 34.9 Å². The van der Waals surface area contributed by atoms with Gasteiger partial charge in [-0.15, -0.1) is 0 Å². The molecular formula is C17H22N2O2. The van der Waals surface area contributed by atoms with E-state index >= 15 is 0 Å². The normalized spacial score (nSPS) is 17.7. The van der Waals surface area contributed by atoms with Gasteiger partial charge in [-0.2, -0.15) is 0 Å². The average Bonchev–Trinajstić information content (AvgIpc) is 2.95. The third-order valence-electron chi connectivity index (χ3n) is 4.41. The van der Waals surface area contributed by atoms with Crippen molar-refractivity contribution < 1.29 is 9.59 Å². The fourth-order valence-corrected chi connectivity index (χ4v) is 3.19. The highest BCUT2D eigenvalue weighted by molar-refractivity contribution is 5.85. The Hall–Kier alpha value is -1.84. The second-order valence-corrected chi connectivity index (χ2v) is 6.01. The highest BCUT2D eigenvalue weighted by Crippen LogP contribution is 2.22. The van der Waals surface area contributed by atoms with Gasteiger partial charge < -0.3 is 10.2 Å². The van der Waals surface area contributed by atoms with Crippen molar-refractivity contribution in [2.75, 3.05) is 13.1 Å². The lowest BCUT2D eigenvalue weighted by molar-refractivity contribution is -0.137. The molecule has 1 aromatic rings. The molecule has 1 saturated heterocycles. The monoisotopic (exact) mass is 286 g/mol. The average molecular weight is 286 g/mol. The summed E-state index contributed by atoms with van der Waals surface area (Å²) in [5.74, 6) is 0.0414. The van der Waals surface area contributed by atoms with Crippen LogP contribution < -0.4 is 5.32 Å². The molecule has 4 heteroatoms. The van der Waals surface area contributed by atoms with Crippen molar-refractivity contribution in [1.29, 1.82) is 0 Å². The number of carbonyl (C=O) groups excluding carboxylic acids is 2. The molecule has 0 atom stereocenters. The summed E-state index contributed by atoms with van der Waals surface area (Å²) < 4.78 is 0. The summed E-state index contributed by atoms with van der Waals surface area (Å²) in [6.07, 6.45) is 6.11. The molecule has 4 nitrogen and oxygen atoms in total. The van der Waals surface area contributed by atoms with Gasteiger partial charge in [-0.1, -0.05) is 18.2 Å². The molecule has 21 heavy (non-hydrogen) atoms. The number of aryl methyl sites for hydroxylation is 2. The molecule has 0 spiro atoms. The zero-order valence-electron chi connectivity index (χ0n) is 12.4. The first-order chi connectivity index (χ1) is 10.2. The van der Waals surface area contributed by atoms with Gasteiger partial charge in [-0.25, -0.2) is 0 Å². The van der Waals surface area contributed by atoms with Crippen molar-refractivity contribution in [2.45, 2.75) is 45.1 Å². The lowest BCUT2D eigenvalue weighted by Crippen LogP contribution is -2.42. The van der Waals surface area contributed by atoms with Gasteiger partial charge in [0.25, 0.3) is 0 Å². The number of piperidine rings is 1. The number of nitrogens with zero attached hydrogens (tertiary/aromatic N) is 1. The molecular weight excluding hydrogens is 264 g/mol. The van der Waals surface area contributed by atoms with Crippen molar-refractivity contribution in [3.8, 4) is 0 Å². The van der Waals surface area contributed by atoms with Gasteiger partial charge in [0.05, 0.1) is 6.54 Å². The van der Waals surface area contributed by atoms with Gasteiger partial charge in [-0.3, -0.25) is 9.59 Å². The van der Waals surface area contributed by atoms with E-state index in [1.165, 1.54) is 24.0 Å². The number of hydrogen-bond donors (Lipinski definition) is 1. The molecule has 0 radical (unpaired) electrons. The minimum Gasteiger partial charge on any atom is -0.350 e. The van der Waals surface area contributed by atoms with E-state index in [1.807, 2.05) is 0 Å². The molecule has 2 aliphatic rings. The van der Waals surface area contributed by atoms with Gasteiger partial charge in [0, 0.05) is 19.5 Å². The van der Waals surface area contributed by atoms with Crippen LogP contribution in [0.4, 0.5) is 0 Å². The number of likely N-dealkylation sites (tertiary alicyclic amines) is 1. The number of benzene rings is 1. The van der Waals surface area contributed by atoms with Crippen molar-refractivity contribution >= 4 is 11.8 Å². The molecule has 112 valence electrons. The summed E-state index contributed by atoms with van der Waals surface area (Å²) in [7, 11) is 0. The van der Waals surface area contributed by atoms with Crippen LogP contribution in [0.25, 0.3) is 0 Å². The van der Waals surface area contributed by atoms with Crippen LogP contribution in [0.5, 0.6) is 0 Å².